The van der Waals surface area contributed by atoms with Crippen LogP contribution in [0.5, 0.6) is 0 Å². The zero-order chi connectivity index (χ0) is 10.4. The predicted octanol–water partition coefficient (Wildman–Crippen LogP) is 0.499. The third-order valence-electron chi connectivity index (χ3n) is 2.23. The maximum absolute atomic E-state index is 11.2. The van der Waals surface area contributed by atoms with Crippen molar-refractivity contribution in [3.8, 4) is 0 Å². The maximum atomic E-state index is 11.2. The van der Waals surface area contributed by atoms with Gasteiger partial charge >= 0.3 is 11.9 Å². The number of rotatable bonds is 4. The van der Waals surface area contributed by atoms with E-state index in [1.165, 1.54) is 0 Å². The molecule has 0 radical (unpaired) electrons. The first-order chi connectivity index (χ1) is 6.02. The Balaban J connectivity index is -0.000000720. The molecule has 0 aromatic carbocycles. The zero-order valence-corrected chi connectivity index (χ0v) is 9.79. The van der Waals surface area contributed by atoms with Crippen molar-refractivity contribution in [2.24, 2.45) is 11.8 Å². The monoisotopic (exact) mass is 222 g/mol. The second-order valence-electron chi connectivity index (χ2n) is 3.36. The van der Waals surface area contributed by atoms with E-state index in [1.807, 2.05) is 13.8 Å². The molecule has 0 aromatic heterocycles. The van der Waals surface area contributed by atoms with E-state index in [0.717, 1.165) is 0 Å². The fourth-order valence-corrected chi connectivity index (χ4v) is 0.634. The smallest absolute Gasteiger partial charge is 0.316 e. The average Bonchev–Trinajstić information content (AvgIpc) is 2.14. The lowest BCUT2D eigenvalue weighted by Gasteiger charge is -2.10. The molecule has 15 heavy (non-hydrogen) atoms. The molecule has 0 aliphatic carbocycles. The van der Waals surface area contributed by atoms with Crippen LogP contribution in [0.25, 0.3) is 0 Å². The van der Waals surface area contributed by atoms with E-state index in [9.17, 15) is 9.59 Å². The molecule has 0 bridgehead atoms. The number of carbonyl (C=O) groups is 2. The van der Waals surface area contributed by atoms with E-state index < -0.39 is 11.9 Å². The van der Waals surface area contributed by atoms with Gasteiger partial charge in [-0.05, 0) is 12.8 Å². The van der Waals surface area contributed by atoms with Gasteiger partial charge in [0, 0.05) is 0 Å². The number of hydrogen-bond donors (Lipinski definition) is 0. The van der Waals surface area contributed by atoms with Crippen LogP contribution in [0.15, 0.2) is 0 Å². The standard InChI is InChI=1S/C10H18O3.2H2O/c1-5-7(3)9(11)13-10(12)8(4)6-2;;/h7-8H,5-6H2,1-4H3;2*1H2. The molecule has 0 amide bonds. The summed E-state index contributed by atoms with van der Waals surface area (Å²) >= 11 is 0. The van der Waals surface area contributed by atoms with Gasteiger partial charge in [0.15, 0.2) is 0 Å². The second kappa shape index (κ2) is 9.61. The molecule has 0 saturated carbocycles. The van der Waals surface area contributed by atoms with Crippen LogP contribution >= 0.6 is 0 Å². The van der Waals surface area contributed by atoms with Gasteiger partial charge in [-0.1, -0.05) is 27.7 Å². The van der Waals surface area contributed by atoms with Gasteiger partial charge in [0.25, 0.3) is 0 Å². The van der Waals surface area contributed by atoms with Crippen molar-refractivity contribution in [2.45, 2.75) is 40.5 Å². The van der Waals surface area contributed by atoms with Crippen LogP contribution in [0.1, 0.15) is 40.5 Å². The summed E-state index contributed by atoms with van der Waals surface area (Å²) in [6.07, 6.45) is 1.40. The Morgan fingerprint density at radius 2 is 1.20 bits per heavy atom. The highest BCUT2D eigenvalue weighted by atomic mass is 16.6. The molecule has 0 aromatic rings. The minimum Gasteiger partial charge on any atom is -0.412 e. The van der Waals surface area contributed by atoms with Gasteiger partial charge in [-0.25, -0.2) is 0 Å². The van der Waals surface area contributed by atoms with E-state index in [2.05, 4.69) is 4.74 Å². The van der Waals surface area contributed by atoms with Gasteiger partial charge < -0.3 is 15.7 Å². The van der Waals surface area contributed by atoms with Crippen LogP contribution in [-0.2, 0) is 14.3 Å². The molecule has 2 atom stereocenters. The Morgan fingerprint density at radius 3 is 1.40 bits per heavy atom. The summed E-state index contributed by atoms with van der Waals surface area (Å²) in [5.41, 5.74) is 0. The summed E-state index contributed by atoms with van der Waals surface area (Å²) in [5, 5.41) is 0. The highest BCUT2D eigenvalue weighted by molar-refractivity contribution is 5.87. The molecule has 0 heterocycles. The minimum atomic E-state index is -0.409. The average molecular weight is 222 g/mol. The molecule has 0 rings (SSSR count). The van der Waals surface area contributed by atoms with Crippen molar-refractivity contribution in [2.75, 3.05) is 0 Å². The van der Waals surface area contributed by atoms with Gasteiger partial charge in [0.2, 0.25) is 0 Å². The molecule has 92 valence electrons. The van der Waals surface area contributed by atoms with Gasteiger partial charge in [-0.3, -0.25) is 9.59 Å². The van der Waals surface area contributed by atoms with Crippen LogP contribution in [0.2, 0.25) is 0 Å². The molecular formula is C10H22O5. The lowest BCUT2D eigenvalue weighted by Crippen LogP contribution is -2.22. The third-order valence-corrected chi connectivity index (χ3v) is 2.23. The highest BCUT2D eigenvalue weighted by Gasteiger charge is 2.19. The number of hydrogen-bond acceptors (Lipinski definition) is 3. The summed E-state index contributed by atoms with van der Waals surface area (Å²) in [7, 11) is 0. The molecular weight excluding hydrogens is 200 g/mol. The molecule has 0 saturated heterocycles. The molecule has 0 aliphatic rings. The van der Waals surface area contributed by atoms with Crippen LogP contribution in [0.4, 0.5) is 0 Å². The zero-order valence-electron chi connectivity index (χ0n) is 9.79. The largest absolute Gasteiger partial charge is 0.412 e. The summed E-state index contributed by atoms with van der Waals surface area (Å²) in [6, 6.07) is 0. The molecule has 0 aliphatic heterocycles. The van der Waals surface area contributed by atoms with Gasteiger partial charge in [0.05, 0.1) is 11.8 Å². The van der Waals surface area contributed by atoms with Crippen molar-refractivity contribution in [3.63, 3.8) is 0 Å². The Morgan fingerprint density at radius 1 is 0.933 bits per heavy atom. The van der Waals surface area contributed by atoms with Crippen molar-refractivity contribution in [1.82, 2.24) is 0 Å². The summed E-state index contributed by atoms with van der Waals surface area (Å²) in [5.74, 6) is -1.19. The summed E-state index contributed by atoms with van der Waals surface area (Å²) < 4.78 is 4.68. The van der Waals surface area contributed by atoms with E-state index in [0.29, 0.717) is 12.8 Å². The molecule has 5 nitrogen and oxygen atoms in total. The quantitative estimate of drug-likeness (QED) is 0.510. The van der Waals surface area contributed by atoms with Crippen LogP contribution in [0.3, 0.4) is 0 Å². The SMILES string of the molecule is CCC(C)C(=O)OC(=O)C(C)CC.O.O. The van der Waals surface area contributed by atoms with Gasteiger partial charge in [0.1, 0.15) is 0 Å². The first kappa shape index (κ1) is 19.6. The van der Waals surface area contributed by atoms with Crippen molar-refractivity contribution < 1.29 is 25.3 Å². The lowest BCUT2D eigenvalue weighted by molar-refractivity contribution is -0.164. The van der Waals surface area contributed by atoms with Gasteiger partial charge in [-0.2, -0.15) is 0 Å². The number of carbonyl (C=O) groups excluding carboxylic acids is 2. The second-order valence-corrected chi connectivity index (χ2v) is 3.36. The van der Waals surface area contributed by atoms with E-state index in [1.54, 1.807) is 13.8 Å². The highest BCUT2D eigenvalue weighted by Crippen LogP contribution is 2.08. The Labute approximate surface area is 90.4 Å². The molecule has 2 unspecified atom stereocenters. The van der Waals surface area contributed by atoms with Crippen molar-refractivity contribution in [3.05, 3.63) is 0 Å². The topological polar surface area (TPSA) is 106 Å². The van der Waals surface area contributed by atoms with Crippen LogP contribution < -0.4 is 0 Å². The maximum Gasteiger partial charge on any atom is 0.316 e. The minimum absolute atomic E-state index is 0. The van der Waals surface area contributed by atoms with Crippen LogP contribution in [-0.4, -0.2) is 22.9 Å². The van der Waals surface area contributed by atoms with E-state index >= 15 is 0 Å². The summed E-state index contributed by atoms with van der Waals surface area (Å²) in [6.45, 7) is 7.29. The van der Waals surface area contributed by atoms with E-state index in [-0.39, 0.29) is 22.8 Å². The van der Waals surface area contributed by atoms with Crippen molar-refractivity contribution in [1.29, 1.82) is 0 Å². The van der Waals surface area contributed by atoms with E-state index in [4.69, 9.17) is 0 Å². The molecule has 0 spiro atoms. The Kier molecular flexibility index (Phi) is 12.6. The fraction of sp³-hybridized carbons (Fsp3) is 0.800. The number of esters is 2. The predicted molar refractivity (Wildman–Crippen MR) is 57.2 cm³/mol. The normalized spacial score (nSPS) is 12.8. The first-order valence-corrected chi connectivity index (χ1v) is 4.78. The Hall–Kier alpha value is -0.940. The Bertz CT molecular complexity index is 170. The third kappa shape index (κ3) is 7.04. The molecule has 0 fully saturated rings. The van der Waals surface area contributed by atoms with Crippen molar-refractivity contribution >= 4 is 11.9 Å². The first-order valence-electron chi connectivity index (χ1n) is 4.78. The lowest BCUT2D eigenvalue weighted by atomic mass is 10.1. The molecule has 5 heteroatoms. The molecule has 4 N–H and O–H groups in total. The van der Waals surface area contributed by atoms with Crippen LogP contribution in [0, 0.1) is 11.8 Å². The fourth-order valence-electron chi connectivity index (χ4n) is 0.634. The summed E-state index contributed by atoms with van der Waals surface area (Å²) in [4.78, 5) is 22.3. The number of ether oxygens (including phenoxy) is 1. The van der Waals surface area contributed by atoms with Gasteiger partial charge in [-0.15, -0.1) is 0 Å².